The second kappa shape index (κ2) is 6.33. The molecule has 0 saturated carbocycles. The molecule has 1 aliphatic heterocycles. The zero-order valence-corrected chi connectivity index (χ0v) is 14.3. The van der Waals surface area contributed by atoms with Gasteiger partial charge in [0.2, 0.25) is 5.76 Å². The molecule has 0 radical (unpaired) electrons. The van der Waals surface area contributed by atoms with E-state index in [1.54, 1.807) is 19.1 Å². The third kappa shape index (κ3) is 3.56. The van der Waals surface area contributed by atoms with Crippen LogP contribution in [0.5, 0.6) is 5.75 Å². The molecule has 25 heavy (non-hydrogen) atoms. The van der Waals surface area contributed by atoms with Crippen molar-refractivity contribution in [2.45, 2.75) is 17.9 Å². The van der Waals surface area contributed by atoms with Crippen molar-refractivity contribution in [1.29, 1.82) is 0 Å². The summed E-state index contributed by atoms with van der Waals surface area (Å²) in [6.07, 6.45) is 0.571. The van der Waals surface area contributed by atoms with Gasteiger partial charge < -0.3 is 9.47 Å². The molecule has 1 heterocycles. The van der Waals surface area contributed by atoms with E-state index in [-0.39, 0.29) is 10.7 Å². The van der Waals surface area contributed by atoms with Crippen LogP contribution in [0.1, 0.15) is 12.5 Å². The van der Waals surface area contributed by atoms with Gasteiger partial charge in [-0.25, -0.2) is 17.6 Å². The fraction of sp³-hybridized carbons (Fsp3) is 0.167. The van der Waals surface area contributed by atoms with Gasteiger partial charge >= 0.3 is 5.97 Å². The number of hydrogen-bond acceptors (Lipinski definition) is 5. The maximum Gasteiger partial charge on any atom is 0.375 e. The molecule has 5 nitrogen and oxygen atoms in total. The first-order chi connectivity index (χ1) is 11.8. The van der Waals surface area contributed by atoms with Crippen LogP contribution in [-0.2, 0) is 19.4 Å². The molecular formula is C18H15FO5S. The van der Waals surface area contributed by atoms with E-state index in [0.29, 0.717) is 16.9 Å². The van der Waals surface area contributed by atoms with E-state index in [0.717, 1.165) is 6.26 Å². The highest BCUT2D eigenvalue weighted by Gasteiger charge is 2.34. The van der Waals surface area contributed by atoms with E-state index in [1.165, 1.54) is 36.4 Å². The molecule has 0 bridgehead atoms. The van der Waals surface area contributed by atoms with Crippen molar-refractivity contribution in [3.63, 3.8) is 0 Å². The summed E-state index contributed by atoms with van der Waals surface area (Å²) < 4.78 is 46.9. The van der Waals surface area contributed by atoms with E-state index < -0.39 is 27.7 Å². The first-order valence-electron chi connectivity index (χ1n) is 7.45. The molecule has 1 atom stereocenters. The molecule has 0 saturated heterocycles. The third-order valence-corrected chi connectivity index (χ3v) is 4.88. The lowest BCUT2D eigenvalue weighted by Crippen LogP contribution is -2.07. The average Bonchev–Trinajstić information content (AvgIpc) is 2.83. The Morgan fingerprint density at radius 3 is 2.20 bits per heavy atom. The molecule has 1 aliphatic rings. The van der Waals surface area contributed by atoms with Gasteiger partial charge in [-0.15, -0.1) is 0 Å². The summed E-state index contributed by atoms with van der Waals surface area (Å²) >= 11 is 0. The fourth-order valence-corrected chi connectivity index (χ4v) is 3.16. The Morgan fingerprint density at radius 1 is 1.04 bits per heavy atom. The molecule has 0 spiro atoms. The lowest BCUT2D eigenvalue weighted by Gasteiger charge is -2.10. The first kappa shape index (κ1) is 17.2. The Bertz CT molecular complexity index is 944. The van der Waals surface area contributed by atoms with Crippen LogP contribution in [0.3, 0.4) is 0 Å². The summed E-state index contributed by atoms with van der Waals surface area (Å²) in [5.74, 6) is -0.738. The van der Waals surface area contributed by atoms with Crippen molar-refractivity contribution in [2.24, 2.45) is 0 Å². The van der Waals surface area contributed by atoms with Gasteiger partial charge in [0.1, 0.15) is 17.7 Å². The summed E-state index contributed by atoms with van der Waals surface area (Å²) in [6.45, 7) is 1.69. The van der Waals surface area contributed by atoms with Crippen molar-refractivity contribution in [1.82, 2.24) is 0 Å². The highest BCUT2D eigenvalue weighted by Crippen LogP contribution is 2.33. The summed E-state index contributed by atoms with van der Waals surface area (Å²) in [5.41, 5.74) is 1.12. The summed E-state index contributed by atoms with van der Waals surface area (Å²) in [7, 11) is -3.31. The Balaban J connectivity index is 2.01. The second-order valence-corrected chi connectivity index (χ2v) is 7.66. The number of rotatable bonds is 4. The van der Waals surface area contributed by atoms with Gasteiger partial charge in [0, 0.05) is 11.8 Å². The van der Waals surface area contributed by atoms with E-state index in [9.17, 15) is 17.6 Å². The maximum atomic E-state index is 13.0. The SMILES string of the molecule is CC1OC(=O)C(Oc2ccc(F)cc2)=C1c1ccc(S(C)(=O)=O)cc1. The predicted molar refractivity (Wildman–Crippen MR) is 89.1 cm³/mol. The van der Waals surface area contributed by atoms with Gasteiger partial charge in [0.15, 0.2) is 9.84 Å². The third-order valence-electron chi connectivity index (χ3n) is 3.75. The lowest BCUT2D eigenvalue weighted by atomic mass is 10.0. The molecule has 130 valence electrons. The Kier molecular flexibility index (Phi) is 4.34. The van der Waals surface area contributed by atoms with Crippen LogP contribution in [0.4, 0.5) is 4.39 Å². The number of hydrogen-bond donors (Lipinski definition) is 0. The lowest BCUT2D eigenvalue weighted by molar-refractivity contribution is -0.140. The molecule has 0 aliphatic carbocycles. The first-order valence-corrected chi connectivity index (χ1v) is 9.34. The number of esters is 1. The highest BCUT2D eigenvalue weighted by molar-refractivity contribution is 7.90. The monoisotopic (exact) mass is 362 g/mol. The van der Waals surface area contributed by atoms with E-state index in [4.69, 9.17) is 9.47 Å². The van der Waals surface area contributed by atoms with Gasteiger partial charge in [0.05, 0.1) is 4.90 Å². The van der Waals surface area contributed by atoms with Gasteiger partial charge in [-0.05, 0) is 48.9 Å². The minimum atomic E-state index is -3.31. The number of sulfone groups is 1. The molecular weight excluding hydrogens is 347 g/mol. The number of carbonyl (C=O) groups excluding carboxylic acids is 1. The number of benzene rings is 2. The predicted octanol–water partition coefficient (Wildman–Crippen LogP) is 2.96. The molecule has 2 aromatic rings. The maximum absolute atomic E-state index is 13.0. The largest absolute Gasteiger partial charge is 0.452 e. The Labute approximate surface area is 144 Å². The van der Waals surface area contributed by atoms with Gasteiger partial charge in [-0.1, -0.05) is 12.1 Å². The Hall–Kier alpha value is -2.67. The molecule has 7 heteroatoms. The van der Waals surface area contributed by atoms with Gasteiger partial charge in [-0.3, -0.25) is 0 Å². The molecule has 3 rings (SSSR count). The van der Waals surface area contributed by atoms with Crippen molar-refractivity contribution in [3.8, 4) is 5.75 Å². The van der Waals surface area contributed by atoms with E-state index >= 15 is 0 Å². The minimum Gasteiger partial charge on any atom is -0.452 e. The molecule has 0 amide bonds. The van der Waals surface area contributed by atoms with Crippen molar-refractivity contribution < 1.29 is 27.1 Å². The topological polar surface area (TPSA) is 69.7 Å². The van der Waals surface area contributed by atoms with Gasteiger partial charge in [-0.2, -0.15) is 0 Å². The second-order valence-electron chi connectivity index (χ2n) is 5.64. The Morgan fingerprint density at radius 2 is 1.64 bits per heavy atom. The van der Waals surface area contributed by atoms with Crippen LogP contribution in [0, 0.1) is 5.82 Å². The zero-order valence-electron chi connectivity index (χ0n) is 13.5. The van der Waals surface area contributed by atoms with Crippen molar-refractivity contribution in [3.05, 3.63) is 65.7 Å². The van der Waals surface area contributed by atoms with E-state index in [1.807, 2.05) is 0 Å². The molecule has 1 unspecified atom stereocenters. The number of ether oxygens (including phenoxy) is 2. The van der Waals surface area contributed by atoms with Crippen LogP contribution >= 0.6 is 0 Å². The smallest absolute Gasteiger partial charge is 0.375 e. The minimum absolute atomic E-state index is 0.00575. The number of carbonyl (C=O) groups is 1. The van der Waals surface area contributed by atoms with Crippen LogP contribution in [-0.4, -0.2) is 26.7 Å². The quantitative estimate of drug-likeness (QED) is 0.782. The van der Waals surface area contributed by atoms with Crippen LogP contribution in [0.15, 0.2) is 59.2 Å². The normalized spacial score (nSPS) is 17.6. The summed E-state index contributed by atoms with van der Waals surface area (Å²) in [4.78, 5) is 12.3. The highest BCUT2D eigenvalue weighted by atomic mass is 32.2. The van der Waals surface area contributed by atoms with Gasteiger partial charge in [0.25, 0.3) is 0 Å². The standard InChI is InChI=1S/C18H15FO5S/c1-11-16(12-3-9-15(10-4-12)25(2,21)22)17(18(20)23-11)24-14-7-5-13(19)6-8-14/h3-11H,1-2H3. The van der Waals surface area contributed by atoms with Crippen molar-refractivity contribution >= 4 is 21.4 Å². The summed E-state index contributed by atoms with van der Waals surface area (Å²) in [5, 5.41) is 0. The molecule has 2 aromatic carbocycles. The van der Waals surface area contributed by atoms with Crippen molar-refractivity contribution in [2.75, 3.05) is 6.26 Å². The summed E-state index contributed by atoms with van der Waals surface area (Å²) in [6, 6.07) is 11.4. The van der Waals surface area contributed by atoms with Crippen LogP contribution in [0.2, 0.25) is 0 Å². The van der Waals surface area contributed by atoms with Crippen LogP contribution in [0.25, 0.3) is 5.57 Å². The number of cyclic esters (lactones) is 1. The zero-order chi connectivity index (χ0) is 18.2. The van der Waals surface area contributed by atoms with E-state index in [2.05, 4.69) is 0 Å². The van der Waals surface area contributed by atoms with Crippen LogP contribution < -0.4 is 4.74 Å². The molecule has 0 N–H and O–H groups in total. The number of halogens is 1. The average molecular weight is 362 g/mol. The molecule has 0 fully saturated rings. The fourth-order valence-electron chi connectivity index (χ4n) is 2.53. The molecule has 0 aromatic heterocycles.